The normalized spacial score (nSPS) is 26.7. The minimum absolute atomic E-state index is 0.0168. The van der Waals surface area contributed by atoms with E-state index in [0.29, 0.717) is 19.4 Å². The molecule has 0 saturated heterocycles. The Balaban J connectivity index is 2.15. The summed E-state index contributed by atoms with van der Waals surface area (Å²) in [5, 5.41) is 0. The van der Waals surface area contributed by atoms with Gasteiger partial charge >= 0.3 is 6.36 Å². The van der Waals surface area contributed by atoms with Crippen molar-refractivity contribution < 1.29 is 22.6 Å². The molecule has 0 N–H and O–H groups in total. The van der Waals surface area contributed by atoms with Gasteiger partial charge in [-0.05, 0) is 32.1 Å². The third kappa shape index (κ3) is 4.55. The lowest BCUT2D eigenvalue weighted by atomic mass is 9.80. The smallest absolute Gasteiger partial charge is 0.502 e. The van der Waals surface area contributed by atoms with E-state index in [9.17, 15) is 13.2 Å². The fourth-order valence-corrected chi connectivity index (χ4v) is 1.58. The largest absolute Gasteiger partial charge is 0.522 e. The molecule has 2 unspecified atom stereocenters. The van der Waals surface area contributed by atoms with Gasteiger partial charge in [0.1, 0.15) is 0 Å². The van der Waals surface area contributed by atoms with Crippen LogP contribution in [0.15, 0.2) is 12.3 Å². The van der Waals surface area contributed by atoms with Crippen molar-refractivity contribution in [3.8, 4) is 0 Å². The predicted molar refractivity (Wildman–Crippen MR) is 49.0 cm³/mol. The van der Waals surface area contributed by atoms with E-state index in [2.05, 4.69) is 4.74 Å². The molecule has 0 aromatic heterocycles. The highest BCUT2D eigenvalue weighted by Crippen LogP contribution is 2.37. The van der Waals surface area contributed by atoms with Crippen LogP contribution in [0.25, 0.3) is 0 Å². The van der Waals surface area contributed by atoms with Crippen LogP contribution >= 0.6 is 0 Å². The van der Waals surface area contributed by atoms with Gasteiger partial charge < -0.3 is 4.74 Å². The van der Waals surface area contributed by atoms with Crippen molar-refractivity contribution >= 4 is 0 Å². The van der Waals surface area contributed by atoms with Gasteiger partial charge in [0.25, 0.3) is 0 Å². The second kappa shape index (κ2) is 5.39. The van der Waals surface area contributed by atoms with Crippen LogP contribution in [0.5, 0.6) is 0 Å². The zero-order chi connectivity index (χ0) is 11.3. The first kappa shape index (κ1) is 12.4. The van der Waals surface area contributed by atoms with E-state index in [-0.39, 0.29) is 5.92 Å². The Kier molecular flexibility index (Phi) is 4.45. The van der Waals surface area contributed by atoms with Gasteiger partial charge in [-0.3, -0.25) is 4.74 Å². The molecule has 88 valence electrons. The van der Waals surface area contributed by atoms with Gasteiger partial charge in [-0.2, -0.15) is 0 Å². The molecular formula is C10H15F3O2. The highest BCUT2D eigenvalue weighted by molar-refractivity contribution is 4.82. The number of hydrogen-bond donors (Lipinski definition) is 0. The molecule has 2 nitrogen and oxygen atoms in total. The number of rotatable bonds is 5. The lowest BCUT2D eigenvalue weighted by molar-refractivity contribution is -0.358. The molecule has 1 saturated carbocycles. The van der Waals surface area contributed by atoms with E-state index in [4.69, 9.17) is 4.74 Å². The molecule has 0 heterocycles. The maximum absolute atomic E-state index is 11.9. The number of ether oxygens (including phenoxy) is 2. The summed E-state index contributed by atoms with van der Waals surface area (Å²) in [5.74, 6) is -0.0168. The second-order valence-electron chi connectivity index (χ2n) is 3.57. The summed E-state index contributed by atoms with van der Waals surface area (Å²) in [5.41, 5.74) is 0. The zero-order valence-electron chi connectivity index (χ0n) is 8.59. The summed E-state index contributed by atoms with van der Waals surface area (Å²) in [6.45, 7) is 2.27. The fraction of sp³-hybridized carbons (Fsp3) is 0.800. The standard InChI is InChI=1S/C10H15F3O2/c1-2-6-14-7-5-8-3-4-9(8)15-10(11,12)13/h2,6,8-9H,3-5,7H2,1H3. The lowest BCUT2D eigenvalue weighted by Gasteiger charge is -2.36. The molecule has 1 fully saturated rings. The van der Waals surface area contributed by atoms with Crippen LogP contribution in [0, 0.1) is 5.92 Å². The molecule has 1 rings (SSSR count). The monoisotopic (exact) mass is 224 g/mol. The van der Waals surface area contributed by atoms with Crippen LogP contribution in [-0.2, 0) is 9.47 Å². The first-order valence-electron chi connectivity index (χ1n) is 5.00. The Hall–Kier alpha value is -0.710. The molecule has 2 atom stereocenters. The lowest BCUT2D eigenvalue weighted by Crippen LogP contribution is -2.38. The van der Waals surface area contributed by atoms with Crippen LogP contribution < -0.4 is 0 Å². The second-order valence-corrected chi connectivity index (χ2v) is 3.57. The van der Waals surface area contributed by atoms with E-state index in [0.717, 1.165) is 6.42 Å². The molecule has 1 aliphatic carbocycles. The SMILES string of the molecule is CC=COCCC1CCC1OC(F)(F)F. The summed E-state index contributed by atoms with van der Waals surface area (Å²) in [7, 11) is 0. The third-order valence-electron chi connectivity index (χ3n) is 2.47. The molecular weight excluding hydrogens is 209 g/mol. The van der Waals surface area contributed by atoms with Crippen LogP contribution in [-0.4, -0.2) is 19.1 Å². The molecule has 0 aromatic rings. The van der Waals surface area contributed by atoms with Crippen LogP contribution in [0.1, 0.15) is 26.2 Å². The first-order chi connectivity index (χ1) is 7.03. The quantitative estimate of drug-likeness (QED) is 0.527. The average molecular weight is 224 g/mol. The van der Waals surface area contributed by atoms with Crippen molar-refractivity contribution in [2.24, 2.45) is 5.92 Å². The van der Waals surface area contributed by atoms with Crippen LogP contribution in [0.4, 0.5) is 13.2 Å². The Morgan fingerprint density at radius 3 is 2.53 bits per heavy atom. The number of alkyl halides is 3. The van der Waals surface area contributed by atoms with Crippen molar-refractivity contribution in [3.05, 3.63) is 12.3 Å². The third-order valence-corrected chi connectivity index (χ3v) is 2.47. The minimum Gasteiger partial charge on any atom is -0.502 e. The Labute approximate surface area is 87.1 Å². The van der Waals surface area contributed by atoms with E-state index in [1.54, 1.807) is 6.08 Å². The van der Waals surface area contributed by atoms with Crippen LogP contribution in [0.2, 0.25) is 0 Å². The van der Waals surface area contributed by atoms with E-state index in [1.165, 1.54) is 6.26 Å². The molecule has 0 amide bonds. The van der Waals surface area contributed by atoms with Gasteiger partial charge in [-0.25, -0.2) is 0 Å². The van der Waals surface area contributed by atoms with Crippen molar-refractivity contribution in [1.29, 1.82) is 0 Å². The van der Waals surface area contributed by atoms with Gasteiger partial charge in [0.05, 0.1) is 19.0 Å². The molecule has 0 radical (unpaired) electrons. The van der Waals surface area contributed by atoms with Crippen molar-refractivity contribution in [3.63, 3.8) is 0 Å². The van der Waals surface area contributed by atoms with Crippen molar-refractivity contribution in [2.75, 3.05) is 6.61 Å². The Bertz CT molecular complexity index is 213. The van der Waals surface area contributed by atoms with E-state index in [1.807, 2.05) is 6.92 Å². The Morgan fingerprint density at radius 2 is 2.07 bits per heavy atom. The molecule has 5 heteroatoms. The summed E-state index contributed by atoms with van der Waals surface area (Å²) < 4.78 is 44.7. The predicted octanol–water partition coefficient (Wildman–Crippen LogP) is 3.24. The van der Waals surface area contributed by atoms with Crippen molar-refractivity contribution in [2.45, 2.75) is 38.7 Å². The van der Waals surface area contributed by atoms with E-state index >= 15 is 0 Å². The number of hydrogen-bond acceptors (Lipinski definition) is 2. The molecule has 15 heavy (non-hydrogen) atoms. The number of halogens is 3. The highest BCUT2D eigenvalue weighted by Gasteiger charge is 2.41. The van der Waals surface area contributed by atoms with Crippen LogP contribution in [0.3, 0.4) is 0 Å². The summed E-state index contributed by atoms with van der Waals surface area (Å²) in [6.07, 6.45) is 0.00829. The van der Waals surface area contributed by atoms with Gasteiger partial charge in [-0.1, -0.05) is 6.08 Å². The minimum atomic E-state index is -4.51. The zero-order valence-corrected chi connectivity index (χ0v) is 8.59. The summed E-state index contributed by atoms with van der Waals surface area (Å²) in [4.78, 5) is 0. The molecule has 0 aromatic carbocycles. The van der Waals surface area contributed by atoms with Crippen molar-refractivity contribution in [1.82, 2.24) is 0 Å². The first-order valence-corrected chi connectivity index (χ1v) is 5.00. The molecule has 0 aliphatic heterocycles. The fourth-order valence-electron chi connectivity index (χ4n) is 1.58. The topological polar surface area (TPSA) is 18.5 Å². The molecule has 0 spiro atoms. The maximum Gasteiger partial charge on any atom is 0.522 e. The average Bonchev–Trinajstić information content (AvgIpc) is 2.11. The Morgan fingerprint density at radius 1 is 1.33 bits per heavy atom. The van der Waals surface area contributed by atoms with Gasteiger partial charge in [-0.15, -0.1) is 13.2 Å². The van der Waals surface area contributed by atoms with Gasteiger partial charge in [0.15, 0.2) is 0 Å². The summed E-state index contributed by atoms with van der Waals surface area (Å²) in [6, 6.07) is 0. The van der Waals surface area contributed by atoms with E-state index < -0.39 is 12.5 Å². The maximum atomic E-state index is 11.9. The van der Waals surface area contributed by atoms with Gasteiger partial charge in [0, 0.05) is 0 Å². The number of allylic oxidation sites excluding steroid dienone is 1. The summed E-state index contributed by atoms with van der Waals surface area (Å²) >= 11 is 0. The highest BCUT2D eigenvalue weighted by atomic mass is 19.4. The molecule has 0 bridgehead atoms. The molecule has 1 aliphatic rings. The van der Waals surface area contributed by atoms with Gasteiger partial charge in [0.2, 0.25) is 0 Å².